The lowest BCUT2D eigenvalue weighted by Crippen LogP contribution is -1.93. The maximum atomic E-state index is 10.3. The van der Waals surface area contributed by atoms with Crippen molar-refractivity contribution in [2.45, 2.75) is 71.1 Å². The fourth-order valence-corrected chi connectivity index (χ4v) is 2.08. The molecule has 2 heteroatoms. The van der Waals surface area contributed by atoms with E-state index in [1.54, 1.807) is 0 Å². The third-order valence-electron chi connectivity index (χ3n) is 3.42. The summed E-state index contributed by atoms with van der Waals surface area (Å²) in [4.78, 5) is 10.3. The molecule has 0 heterocycles. The summed E-state index contributed by atoms with van der Waals surface area (Å²) in [6, 6.07) is 0. The van der Waals surface area contributed by atoms with Crippen molar-refractivity contribution in [3.8, 4) is 0 Å². The number of hydrogen-bond acceptors (Lipinski definition) is 1. The van der Waals surface area contributed by atoms with Crippen LogP contribution in [0, 0.1) is 0 Å². The molecule has 0 saturated carbocycles. The first-order chi connectivity index (χ1) is 11.8. The van der Waals surface area contributed by atoms with Crippen LogP contribution in [-0.2, 0) is 4.79 Å². The summed E-state index contributed by atoms with van der Waals surface area (Å²) >= 11 is 0. The highest BCUT2D eigenvalue weighted by molar-refractivity contribution is 5.66. The number of allylic oxidation sites excluding steroid dienone is 10. The second kappa shape index (κ2) is 19.2. The van der Waals surface area contributed by atoms with Gasteiger partial charge in [0.25, 0.3) is 0 Å². The summed E-state index contributed by atoms with van der Waals surface area (Å²) < 4.78 is 0. The van der Waals surface area contributed by atoms with Gasteiger partial charge in [-0.3, -0.25) is 4.79 Å². The number of carboxylic acid groups (broad SMARTS) is 1. The molecule has 0 spiro atoms. The molecular weight excluding hydrogens is 296 g/mol. The van der Waals surface area contributed by atoms with Crippen LogP contribution in [0.15, 0.2) is 60.8 Å². The highest BCUT2D eigenvalue weighted by Crippen LogP contribution is 2.04. The third kappa shape index (κ3) is 20.2. The van der Waals surface area contributed by atoms with Crippen LogP contribution in [0.1, 0.15) is 71.1 Å². The van der Waals surface area contributed by atoms with E-state index in [1.807, 2.05) is 0 Å². The van der Waals surface area contributed by atoms with E-state index in [-0.39, 0.29) is 0 Å². The standard InChI is InChI=1S/C22H34O2/c1-2-3-4-5-6-7-8-9-10-11-12-13-14-15-16-17-18-19-20-21-22(23)24/h3-4,6-7,9-10,12-13,15-16H,2,5,8,11,14,17-21H2,1H3,(H,23,24)/b4-3+,7-6-,10-9-,13-12+,16-15-. The second-order valence-corrected chi connectivity index (χ2v) is 5.70. The van der Waals surface area contributed by atoms with Crippen LogP contribution in [0.3, 0.4) is 0 Å². The summed E-state index contributed by atoms with van der Waals surface area (Å²) in [5.41, 5.74) is 0. The molecule has 134 valence electrons. The van der Waals surface area contributed by atoms with Gasteiger partial charge in [-0.1, -0.05) is 74.1 Å². The predicted octanol–water partition coefficient (Wildman–Crippen LogP) is 6.77. The highest BCUT2D eigenvalue weighted by atomic mass is 16.4. The SMILES string of the molecule is CC/C=C/C/C=C\C/C=C\C/C=C/C/C=C\CCCCCC(=O)O. The van der Waals surface area contributed by atoms with Crippen molar-refractivity contribution in [2.75, 3.05) is 0 Å². The Morgan fingerprint density at radius 1 is 0.667 bits per heavy atom. The van der Waals surface area contributed by atoms with Crippen molar-refractivity contribution in [3.05, 3.63) is 60.8 Å². The van der Waals surface area contributed by atoms with E-state index in [9.17, 15) is 4.79 Å². The topological polar surface area (TPSA) is 37.3 Å². The van der Waals surface area contributed by atoms with E-state index in [0.717, 1.165) is 57.8 Å². The number of carboxylic acids is 1. The highest BCUT2D eigenvalue weighted by Gasteiger charge is 1.94. The smallest absolute Gasteiger partial charge is 0.303 e. The van der Waals surface area contributed by atoms with Gasteiger partial charge in [-0.25, -0.2) is 0 Å². The van der Waals surface area contributed by atoms with Gasteiger partial charge >= 0.3 is 5.97 Å². The Labute approximate surface area is 148 Å². The fourth-order valence-electron chi connectivity index (χ4n) is 2.08. The van der Waals surface area contributed by atoms with E-state index >= 15 is 0 Å². The van der Waals surface area contributed by atoms with Crippen molar-refractivity contribution in [1.29, 1.82) is 0 Å². The first-order valence-electron chi connectivity index (χ1n) is 9.24. The molecule has 0 aromatic rings. The molecule has 0 saturated heterocycles. The van der Waals surface area contributed by atoms with E-state index in [1.165, 1.54) is 0 Å². The zero-order valence-electron chi connectivity index (χ0n) is 15.2. The van der Waals surface area contributed by atoms with Gasteiger partial charge in [0.2, 0.25) is 0 Å². The van der Waals surface area contributed by atoms with Crippen LogP contribution in [0.4, 0.5) is 0 Å². The lowest BCUT2D eigenvalue weighted by molar-refractivity contribution is -0.137. The number of rotatable bonds is 15. The lowest BCUT2D eigenvalue weighted by atomic mass is 10.1. The van der Waals surface area contributed by atoms with Crippen LogP contribution in [0.2, 0.25) is 0 Å². The Kier molecular flexibility index (Phi) is 17.8. The number of carbonyl (C=O) groups is 1. The molecule has 0 aromatic carbocycles. The molecule has 0 rings (SSSR count). The van der Waals surface area contributed by atoms with Crippen LogP contribution in [0.5, 0.6) is 0 Å². The van der Waals surface area contributed by atoms with Gasteiger partial charge < -0.3 is 5.11 Å². The maximum absolute atomic E-state index is 10.3. The average molecular weight is 331 g/mol. The normalized spacial score (nSPS) is 12.7. The summed E-state index contributed by atoms with van der Waals surface area (Å²) in [5.74, 6) is -0.690. The molecule has 0 atom stereocenters. The Morgan fingerprint density at radius 2 is 1.12 bits per heavy atom. The van der Waals surface area contributed by atoms with E-state index in [2.05, 4.69) is 67.7 Å². The fraction of sp³-hybridized carbons (Fsp3) is 0.500. The van der Waals surface area contributed by atoms with Crippen molar-refractivity contribution in [2.24, 2.45) is 0 Å². The molecule has 1 N–H and O–H groups in total. The summed E-state index contributed by atoms with van der Waals surface area (Å²) in [5, 5.41) is 8.52. The van der Waals surface area contributed by atoms with Crippen LogP contribution in [-0.4, -0.2) is 11.1 Å². The first-order valence-corrected chi connectivity index (χ1v) is 9.24. The Morgan fingerprint density at radius 3 is 1.58 bits per heavy atom. The molecule has 2 nitrogen and oxygen atoms in total. The van der Waals surface area contributed by atoms with E-state index in [4.69, 9.17) is 5.11 Å². The minimum atomic E-state index is -0.690. The molecule has 24 heavy (non-hydrogen) atoms. The van der Waals surface area contributed by atoms with Gasteiger partial charge in [0, 0.05) is 6.42 Å². The quantitative estimate of drug-likeness (QED) is 0.265. The molecule has 0 unspecified atom stereocenters. The zero-order chi connectivity index (χ0) is 17.7. The molecule has 0 fully saturated rings. The van der Waals surface area contributed by atoms with Crippen LogP contribution in [0.25, 0.3) is 0 Å². The Hall–Kier alpha value is -1.83. The number of hydrogen-bond donors (Lipinski definition) is 1. The molecular formula is C22H34O2. The largest absolute Gasteiger partial charge is 0.481 e. The minimum absolute atomic E-state index is 0.297. The summed E-state index contributed by atoms with van der Waals surface area (Å²) in [7, 11) is 0. The molecule has 0 radical (unpaired) electrons. The minimum Gasteiger partial charge on any atom is -0.481 e. The lowest BCUT2D eigenvalue weighted by Gasteiger charge is -1.94. The predicted molar refractivity (Wildman–Crippen MR) is 105 cm³/mol. The van der Waals surface area contributed by atoms with Crippen molar-refractivity contribution in [1.82, 2.24) is 0 Å². The Bertz CT molecular complexity index is 425. The van der Waals surface area contributed by atoms with Crippen LogP contribution >= 0.6 is 0 Å². The third-order valence-corrected chi connectivity index (χ3v) is 3.42. The van der Waals surface area contributed by atoms with Gasteiger partial charge in [0.15, 0.2) is 0 Å². The molecule has 0 bridgehead atoms. The van der Waals surface area contributed by atoms with Gasteiger partial charge in [-0.15, -0.1) is 0 Å². The molecule has 0 amide bonds. The number of unbranched alkanes of at least 4 members (excludes halogenated alkanes) is 3. The number of aliphatic carboxylic acids is 1. The van der Waals surface area contributed by atoms with Crippen molar-refractivity contribution < 1.29 is 9.90 Å². The first kappa shape index (κ1) is 22.2. The molecule has 0 aliphatic carbocycles. The molecule has 0 aliphatic heterocycles. The summed E-state index contributed by atoms with van der Waals surface area (Å²) in [6.45, 7) is 2.15. The van der Waals surface area contributed by atoms with E-state index in [0.29, 0.717) is 6.42 Å². The van der Waals surface area contributed by atoms with Crippen molar-refractivity contribution in [3.63, 3.8) is 0 Å². The van der Waals surface area contributed by atoms with Gasteiger partial charge in [-0.2, -0.15) is 0 Å². The molecule has 0 aliphatic rings. The monoisotopic (exact) mass is 330 g/mol. The van der Waals surface area contributed by atoms with Crippen LogP contribution < -0.4 is 0 Å². The maximum Gasteiger partial charge on any atom is 0.303 e. The van der Waals surface area contributed by atoms with Gasteiger partial charge in [0.1, 0.15) is 0 Å². The second-order valence-electron chi connectivity index (χ2n) is 5.70. The Balaban J connectivity index is 3.42. The van der Waals surface area contributed by atoms with Gasteiger partial charge in [-0.05, 0) is 51.4 Å². The summed E-state index contributed by atoms with van der Waals surface area (Å²) in [6.07, 6.45) is 31.3. The van der Waals surface area contributed by atoms with Gasteiger partial charge in [0.05, 0.1) is 0 Å². The zero-order valence-corrected chi connectivity index (χ0v) is 15.2. The average Bonchev–Trinajstić information content (AvgIpc) is 2.56. The van der Waals surface area contributed by atoms with Crippen molar-refractivity contribution >= 4 is 5.97 Å². The molecule has 0 aromatic heterocycles. The van der Waals surface area contributed by atoms with E-state index < -0.39 is 5.97 Å².